The van der Waals surface area contributed by atoms with Gasteiger partial charge < -0.3 is 16.4 Å². The van der Waals surface area contributed by atoms with Gasteiger partial charge in [0.1, 0.15) is 0 Å². The number of hydrogen-bond acceptors (Lipinski definition) is 3. The lowest BCUT2D eigenvalue weighted by Gasteiger charge is -2.12. The average Bonchev–Trinajstić information content (AvgIpc) is 2.73. The van der Waals surface area contributed by atoms with Gasteiger partial charge in [-0.2, -0.15) is 0 Å². The molecule has 0 radical (unpaired) electrons. The van der Waals surface area contributed by atoms with Crippen molar-refractivity contribution in [2.75, 3.05) is 16.4 Å². The van der Waals surface area contributed by atoms with Gasteiger partial charge in [-0.1, -0.05) is 15.9 Å². The third-order valence-corrected chi connectivity index (χ3v) is 4.23. The summed E-state index contributed by atoms with van der Waals surface area (Å²) in [7, 11) is 0. The van der Waals surface area contributed by atoms with Gasteiger partial charge in [-0.25, -0.2) is 0 Å². The molecule has 4 nitrogen and oxygen atoms in total. The van der Waals surface area contributed by atoms with Crippen LogP contribution in [0.25, 0.3) is 0 Å². The minimum absolute atomic E-state index is 0.0102. The highest BCUT2D eigenvalue weighted by Gasteiger charge is 2.19. The number of anilines is 4. The van der Waals surface area contributed by atoms with Crippen molar-refractivity contribution in [1.82, 2.24) is 0 Å². The monoisotopic (exact) mass is 331 g/mol. The Balaban J connectivity index is 1.93. The number of hydrogen-bond donors (Lipinski definition) is 3. The van der Waals surface area contributed by atoms with Gasteiger partial charge in [0.05, 0.1) is 17.8 Å². The van der Waals surface area contributed by atoms with Gasteiger partial charge in [-0.15, -0.1) is 0 Å². The number of rotatable bonds is 2. The van der Waals surface area contributed by atoms with Crippen molar-refractivity contribution in [2.24, 2.45) is 0 Å². The van der Waals surface area contributed by atoms with Crippen LogP contribution in [0.2, 0.25) is 0 Å². The molecule has 0 saturated carbocycles. The maximum absolute atomic E-state index is 11.4. The first-order valence-electron chi connectivity index (χ1n) is 6.28. The number of nitrogen functional groups attached to an aromatic ring is 1. The number of carbonyl (C=O) groups is 1. The Morgan fingerprint density at radius 2 is 2.10 bits per heavy atom. The molecule has 102 valence electrons. The number of halogens is 1. The lowest BCUT2D eigenvalue weighted by atomic mass is 10.1. The summed E-state index contributed by atoms with van der Waals surface area (Å²) in [6.07, 6.45) is 0.400. The highest BCUT2D eigenvalue weighted by Crippen LogP contribution is 2.33. The summed E-state index contributed by atoms with van der Waals surface area (Å²) >= 11 is 3.48. The van der Waals surface area contributed by atoms with Crippen LogP contribution in [0.4, 0.5) is 22.7 Å². The molecule has 0 aromatic heterocycles. The molecule has 1 heterocycles. The van der Waals surface area contributed by atoms with E-state index in [1.165, 1.54) is 0 Å². The topological polar surface area (TPSA) is 67.1 Å². The zero-order valence-corrected chi connectivity index (χ0v) is 12.5. The maximum atomic E-state index is 11.4. The molecular weight excluding hydrogens is 318 g/mol. The number of nitrogens with one attached hydrogen (secondary N) is 2. The number of nitrogens with two attached hydrogens (primary N) is 1. The Kier molecular flexibility index (Phi) is 3.14. The van der Waals surface area contributed by atoms with Gasteiger partial charge in [-0.05, 0) is 48.4 Å². The SMILES string of the molecule is Cc1cc(Nc2cc3c(cc2N)CC(=O)N3)ccc1Br. The summed E-state index contributed by atoms with van der Waals surface area (Å²) in [5.41, 5.74) is 11.4. The van der Waals surface area contributed by atoms with Gasteiger partial charge >= 0.3 is 0 Å². The summed E-state index contributed by atoms with van der Waals surface area (Å²) in [5.74, 6) is 0.0102. The largest absolute Gasteiger partial charge is 0.397 e. The highest BCUT2D eigenvalue weighted by atomic mass is 79.9. The maximum Gasteiger partial charge on any atom is 0.228 e. The van der Waals surface area contributed by atoms with Crippen molar-refractivity contribution in [2.45, 2.75) is 13.3 Å². The first kappa shape index (κ1) is 13.0. The molecule has 0 atom stereocenters. The molecule has 2 aromatic carbocycles. The van der Waals surface area contributed by atoms with Crippen molar-refractivity contribution < 1.29 is 4.79 Å². The highest BCUT2D eigenvalue weighted by molar-refractivity contribution is 9.10. The molecule has 0 aliphatic carbocycles. The van der Waals surface area contributed by atoms with E-state index in [0.29, 0.717) is 12.1 Å². The minimum Gasteiger partial charge on any atom is -0.397 e. The molecule has 0 unspecified atom stereocenters. The molecule has 3 rings (SSSR count). The van der Waals surface area contributed by atoms with Gasteiger partial charge in [0.2, 0.25) is 5.91 Å². The van der Waals surface area contributed by atoms with Crippen molar-refractivity contribution >= 4 is 44.6 Å². The summed E-state index contributed by atoms with van der Waals surface area (Å²) < 4.78 is 1.07. The van der Waals surface area contributed by atoms with Crippen molar-refractivity contribution in [3.8, 4) is 0 Å². The molecule has 0 fully saturated rings. The minimum atomic E-state index is 0.0102. The Morgan fingerprint density at radius 3 is 2.85 bits per heavy atom. The van der Waals surface area contributed by atoms with Crippen molar-refractivity contribution in [3.63, 3.8) is 0 Å². The molecule has 4 N–H and O–H groups in total. The second-order valence-corrected chi connectivity index (χ2v) is 5.76. The van der Waals surface area contributed by atoms with E-state index in [1.807, 2.05) is 37.3 Å². The van der Waals surface area contributed by atoms with Crippen LogP contribution >= 0.6 is 15.9 Å². The first-order valence-corrected chi connectivity index (χ1v) is 7.07. The molecule has 0 saturated heterocycles. The molecule has 1 aliphatic heterocycles. The van der Waals surface area contributed by atoms with E-state index in [9.17, 15) is 4.79 Å². The van der Waals surface area contributed by atoms with E-state index in [0.717, 1.165) is 32.7 Å². The van der Waals surface area contributed by atoms with Crippen LogP contribution in [0.5, 0.6) is 0 Å². The second kappa shape index (κ2) is 4.83. The number of benzene rings is 2. The Bertz CT molecular complexity index is 713. The van der Waals surface area contributed by atoms with Crippen LogP contribution in [0.15, 0.2) is 34.8 Å². The first-order chi connectivity index (χ1) is 9.52. The molecule has 0 bridgehead atoms. The van der Waals surface area contributed by atoms with Crippen LogP contribution < -0.4 is 16.4 Å². The Labute approximate surface area is 125 Å². The van der Waals surface area contributed by atoms with Gasteiger partial charge in [0.15, 0.2) is 0 Å². The fraction of sp³-hybridized carbons (Fsp3) is 0.133. The molecule has 2 aromatic rings. The Hall–Kier alpha value is -2.01. The smallest absolute Gasteiger partial charge is 0.228 e. The number of fused-ring (bicyclic) bond motifs is 1. The number of amides is 1. The normalized spacial score (nSPS) is 13.0. The van der Waals surface area contributed by atoms with E-state index in [-0.39, 0.29) is 5.91 Å². The molecule has 1 aliphatic rings. The summed E-state index contributed by atoms with van der Waals surface area (Å²) in [4.78, 5) is 11.4. The van der Waals surface area contributed by atoms with Crippen molar-refractivity contribution in [3.05, 3.63) is 45.9 Å². The summed E-state index contributed by atoms with van der Waals surface area (Å²) in [6.45, 7) is 2.03. The fourth-order valence-corrected chi connectivity index (χ4v) is 2.53. The Morgan fingerprint density at radius 1 is 1.30 bits per heavy atom. The zero-order valence-electron chi connectivity index (χ0n) is 11.0. The van der Waals surface area contributed by atoms with Crippen LogP contribution in [-0.4, -0.2) is 5.91 Å². The second-order valence-electron chi connectivity index (χ2n) is 4.91. The van der Waals surface area contributed by atoms with Gasteiger partial charge in [0.25, 0.3) is 0 Å². The lowest BCUT2D eigenvalue weighted by molar-refractivity contribution is -0.115. The van der Waals surface area contributed by atoms with E-state index in [2.05, 4.69) is 26.6 Å². The lowest BCUT2D eigenvalue weighted by Crippen LogP contribution is -2.03. The quantitative estimate of drug-likeness (QED) is 0.737. The average molecular weight is 332 g/mol. The standard InChI is InChI=1S/C15H14BrN3O/c1-8-4-10(2-3-11(8)16)18-14-7-13-9(5-12(14)17)6-15(20)19-13/h2-5,7,18H,6,17H2,1H3,(H,19,20). The molecule has 0 spiro atoms. The zero-order chi connectivity index (χ0) is 14.3. The third kappa shape index (κ3) is 2.36. The van der Waals surface area contributed by atoms with Crippen LogP contribution in [0, 0.1) is 6.92 Å². The summed E-state index contributed by atoms with van der Waals surface area (Å²) in [5, 5.41) is 6.12. The molecular formula is C15H14BrN3O. The number of carbonyl (C=O) groups excluding carboxylic acids is 1. The van der Waals surface area contributed by atoms with Gasteiger partial charge in [-0.3, -0.25) is 4.79 Å². The summed E-state index contributed by atoms with van der Waals surface area (Å²) in [6, 6.07) is 9.73. The predicted octanol–water partition coefficient (Wildman–Crippen LogP) is 3.58. The predicted molar refractivity (Wildman–Crippen MR) is 85.3 cm³/mol. The fourth-order valence-electron chi connectivity index (χ4n) is 2.28. The van der Waals surface area contributed by atoms with E-state index in [4.69, 9.17) is 5.73 Å². The molecule has 5 heteroatoms. The molecule has 20 heavy (non-hydrogen) atoms. The van der Waals surface area contributed by atoms with Crippen LogP contribution in [0.3, 0.4) is 0 Å². The molecule has 1 amide bonds. The van der Waals surface area contributed by atoms with Gasteiger partial charge in [0, 0.05) is 15.8 Å². The van der Waals surface area contributed by atoms with Crippen LogP contribution in [-0.2, 0) is 11.2 Å². The number of aryl methyl sites for hydroxylation is 1. The van der Waals surface area contributed by atoms with Crippen LogP contribution in [0.1, 0.15) is 11.1 Å². The third-order valence-electron chi connectivity index (χ3n) is 3.34. The van der Waals surface area contributed by atoms with E-state index < -0.39 is 0 Å². The van der Waals surface area contributed by atoms with E-state index >= 15 is 0 Å². The van der Waals surface area contributed by atoms with Crippen molar-refractivity contribution in [1.29, 1.82) is 0 Å². The van der Waals surface area contributed by atoms with E-state index in [1.54, 1.807) is 0 Å².